The molecule has 0 unspecified atom stereocenters. The molecular formula is C9H4F4O3. The number of rotatable bonds is 3. The molecule has 0 spiro atoms. The zero-order valence-corrected chi connectivity index (χ0v) is 7.55. The predicted molar refractivity (Wildman–Crippen MR) is 43.9 cm³/mol. The Morgan fingerprint density at radius 1 is 1.06 bits per heavy atom. The van der Waals surface area contributed by atoms with E-state index in [0.717, 1.165) is 0 Å². The normalized spacial score (nSPS) is 11.0. The Labute approximate surface area is 86.6 Å². The van der Waals surface area contributed by atoms with Crippen LogP contribution in [0.3, 0.4) is 0 Å². The number of carbonyl (C=O) groups excluding carboxylic acids is 2. The van der Waals surface area contributed by atoms with E-state index < -0.39 is 29.1 Å². The number of ether oxygens (including phenoxy) is 1. The minimum atomic E-state index is -5.03. The highest BCUT2D eigenvalue weighted by molar-refractivity contribution is 5.85. The molecule has 0 aliphatic rings. The summed E-state index contributed by atoms with van der Waals surface area (Å²) in [5.74, 6) is -2.18. The monoisotopic (exact) mass is 236 g/mol. The van der Waals surface area contributed by atoms with Crippen molar-refractivity contribution in [1.82, 2.24) is 0 Å². The average Bonchev–Trinajstić information content (AvgIpc) is 2.16. The summed E-state index contributed by atoms with van der Waals surface area (Å²) in [5, 5.41) is 0. The van der Waals surface area contributed by atoms with E-state index in [1.165, 1.54) is 0 Å². The van der Waals surface area contributed by atoms with Crippen LogP contribution in [-0.2, 0) is 0 Å². The molecule has 0 aromatic heterocycles. The van der Waals surface area contributed by atoms with Crippen LogP contribution >= 0.6 is 0 Å². The minimum absolute atomic E-state index is 0.0352. The van der Waals surface area contributed by atoms with Gasteiger partial charge in [-0.3, -0.25) is 9.59 Å². The average molecular weight is 236 g/mol. The van der Waals surface area contributed by atoms with Crippen molar-refractivity contribution in [1.29, 1.82) is 0 Å². The van der Waals surface area contributed by atoms with E-state index in [9.17, 15) is 27.2 Å². The smallest absolute Gasteiger partial charge is 0.405 e. The molecule has 7 heteroatoms. The quantitative estimate of drug-likeness (QED) is 0.597. The van der Waals surface area contributed by atoms with Gasteiger partial charge < -0.3 is 4.74 Å². The van der Waals surface area contributed by atoms with Gasteiger partial charge in [0.1, 0.15) is 11.6 Å². The van der Waals surface area contributed by atoms with Crippen molar-refractivity contribution >= 4 is 12.6 Å². The molecule has 0 amide bonds. The van der Waals surface area contributed by atoms with Gasteiger partial charge in [0, 0.05) is 6.07 Å². The zero-order valence-electron chi connectivity index (χ0n) is 7.55. The maximum Gasteiger partial charge on any atom is 0.573 e. The minimum Gasteiger partial charge on any atom is -0.405 e. The van der Waals surface area contributed by atoms with E-state index in [0.29, 0.717) is 12.1 Å². The summed E-state index contributed by atoms with van der Waals surface area (Å²) in [4.78, 5) is 20.7. The van der Waals surface area contributed by atoms with Gasteiger partial charge in [0.15, 0.2) is 12.6 Å². The van der Waals surface area contributed by atoms with Crippen molar-refractivity contribution in [3.63, 3.8) is 0 Å². The van der Waals surface area contributed by atoms with E-state index >= 15 is 0 Å². The molecule has 0 fully saturated rings. The van der Waals surface area contributed by atoms with Gasteiger partial charge in [-0.05, 0) is 6.07 Å². The fourth-order valence-electron chi connectivity index (χ4n) is 0.985. The first kappa shape index (κ1) is 12.2. The largest absolute Gasteiger partial charge is 0.573 e. The molecule has 16 heavy (non-hydrogen) atoms. The maximum absolute atomic E-state index is 12.9. The Kier molecular flexibility index (Phi) is 3.26. The molecular weight excluding hydrogens is 232 g/mol. The Balaban J connectivity index is 3.23. The first-order chi connectivity index (χ1) is 7.37. The highest BCUT2D eigenvalue weighted by Gasteiger charge is 2.32. The second-order valence-electron chi connectivity index (χ2n) is 2.70. The van der Waals surface area contributed by atoms with Crippen LogP contribution in [-0.4, -0.2) is 18.9 Å². The molecule has 0 saturated heterocycles. The van der Waals surface area contributed by atoms with E-state index in [2.05, 4.69) is 4.74 Å². The number of aldehydes is 2. The van der Waals surface area contributed by atoms with Crippen molar-refractivity contribution in [2.24, 2.45) is 0 Å². The first-order valence-electron chi connectivity index (χ1n) is 3.87. The first-order valence-corrected chi connectivity index (χ1v) is 3.87. The highest BCUT2D eigenvalue weighted by atomic mass is 19.4. The summed E-state index contributed by atoms with van der Waals surface area (Å²) in [6, 6.07) is 1.01. The Morgan fingerprint density at radius 3 is 2.06 bits per heavy atom. The van der Waals surface area contributed by atoms with Crippen molar-refractivity contribution in [2.45, 2.75) is 6.36 Å². The number of alkyl halides is 3. The lowest BCUT2D eigenvalue weighted by Crippen LogP contribution is -2.18. The number of carbonyl (C=O) groups is 2. The summed E-state index contributed by atoms with van der Waals surface area (Å²) >= 11 is 0. The van der Waals surface area contributed by atoms with Gasteiger partial charge in [-0.1, -0.05) is 0 Å². The van der Waals surface area contributed by atoms with Gasteiger partial charge in [0.05, 0.1) is 11.1 Å². The molecule has 1 rings (SSSR count). The van der Waals surface area contributed by atoms with E-state index in [1.54, 1.807) is 0 Å². The molecule has 0 saturated carbocycles. The molecule has 0 bridgehead atoms. The van der Waals surface area contributed by atoms with Crippen LogP contribution in [0.2, 0.25) is 0 Å². The Hall–Kier alpha value is -1.92. The number of hydrogen-bond acceptors (Lipinski definition) is 3. The van der Waals surface area contributed by atoms with Crippen LogP contribution in [0.1, 0.15) is 20.7 Å². The standard InChI is InChI=1S/C9H4F4O3/c10-7-2-8(16-9(11,12)13)6(4-15)1-5(7)3-14/h1-4H. The summed E-state index contributed by atoms with van der Waals surface area (Å²) < 4.78 is 51.9. The van der Waals surface area contributed by atoms with Crippen LogP contribution in [0, 0.1) is 5.82 Å². The van der Waals surface area contributed by atoms with Crippen LogP contribution < -0.4 is 4.74 Å². The highest BCUT2D eigenvalue weighted by Crippen LogP contribution is 2.27. The lowest BCUT2D eigenvalue weighted by Gasteiger charge is -2.11. The van der Waals surface area contributed by atoms with Crippen molar-refractivity contribution < 1.29 is 31.9 Å². The van der Waals surface area contributed by atoms with E-state index in [4.69, 9.17) is 0 Å². The molecule has 3 nitrogen and oxygen atoms in total. The topological polar surface area (TPSA) is 43.4 Å². The molecule has 0 aliphatic carbocycles. The second-order valence-corrected chi connectivity index (χ2v) is 2.70. The summed E-state index contributed by atoms with van der Waals surface area (Å²) in [5.41, 5.74) is -1.07. The van der Waals surface area contributed by atoms with Gasteiger partial charge >= 0.3 is 6.36 Å². The number of halogens is 4. The molecule has 0 N–H and O–H groups in total. The maximum atomic E-state index is 12.9. The zero-order chi connectivity index (χ0) is 12.3. The van der Waals surface area contributed by atoms with Crippen LogP contribution in [0.15, 0.2) is 12.1 Å². The summed E-state index contributed by atoms with van der Waals surface area (Å²) in [6.07, 6.45) is -4.92. The molecule has 0 aliphatic heterocycles. The molecule has 1 aromatic carbocycles. The summed E-state index contributed by atoms with van der Waals surface area (Å²) in [7, 11) is 0. The van der Waals surface area contributed by atoms with E-state index in [1.807, 2.05) is 0 Å². The Morgan fingerprint density at radius 2 is 1.62 bits per heavy atom. The van der Waals surface area contributed by atoms with Crippen molar-refractivity contribution in [3.05, 3.63) is 29.1 Å². The number of hydrogen-bond donors (Lipinski definition) is 0. The molecule has 0 radical (unpaired) electrons. The molecule has 1 aromatic rings. The fraction of sp³-hybridized carbons (Fsp3) is 0.111. The van der Waals surface area contributed by atoms with Gasteiger partial charge in [0.25, 0.3) is 0 Å². The van der Waals surface area contributed by atoms with Gasteiger partial charge in [-0.2, -0.15) is 0 Å². The van der Waals surface area contributed by atoms with Crippen LogP contribution in [0.25, 0.3) is 0 Å². The van der Waals surface area contributed by atoms with Gasteiger partial charge in [-0.15, -0.1) is 13.2 Å². The van der Waals surface area contributed by atoms with E-state index in [-0.39, 0.29) is 12.6 Å². The van der Waals surface area contributed by atoms with Crippen LogP contribution in [0.5, 0.6) is 5.75 Å². The molecule has 0 heterocycles. The SMILES string of the molecule is O=Cc1cc(C=O)c(OC(F)(F)F)cc1F. The van der Waals surface area contributed by atoms with Gasteiger partial charge in [-0.25, -0.2) is 4.39 Å². The second kappa shape index (κ2) is 4.30. The van der Waals surface area contributed by atoms with Crippen molar-refractivity contribution in [2.75, 3.05) is 0 Å². The van der Waals surface area contributed by atoms with Gasteiger partial charge in [0.2, 0.25) is 0 Å². The molecule has 86 valence electrons. The van der Waals surface area contributed by atoms with Crippen molar-refractivity contribution in [3.8, 4) is 5.75 Å². The third-order valence-electron chi connectivity index (χ3n) is 1.61. The number of benzene rings is 1. The fourth-order valence-corrected chi connectivity index (χ4v) is 0.985. The lowest BCUT2D eigenvalue weighted by atomic mass is 10.1. The molecule has 0 atom stereocenters. The summed E-state index contributed by atoms with van der Waals surface area (Å²) in [6.45, 7) is 0. The van der Waals surface area contributed by atoms with Crippen LogP contribution in [0.4, 0.5) is 17.6 Å². The Bertz CT molecular complexity index is 425. The third kappa shape index (κ3) is 2.78. The third-order valence-corrected chi connectivity index (χ3v) is 1.61. The predicted octanol–water partition coefficient (Wildman–Crippen LogP) is 2.35. The lowest BCUT2D eigenvalue weighted by molar-refractivity contribution is -0.274.